The number of fused-ring (bicyclic) bond motifs is 3. The van der Waals surface area contributed by atoms with Crippen molar-refractivity contribution in [2.75, 3.05) is 35.9 Å². The van der Waals surface area contributed by atoms with Crippen LogP contribution in [0.1, 0.15) is 23.5 Å². The second kappa shape index (κ2) is 6.80. The summed E-state index contributed by atoms with van der Waals surface area (Å²) in [6.07, 6.45) is 0.878. The average molecular weight is 448 g/mol. The highest BCUT2D eigenvalue weighted by Crippen LogP contribution is 2.46. The van der Waals surface area contributed by atoms with E-state index in [1.165, 1.54) is 15.4 Å². The van der Waals surface area contributed by atoms with Crippen LogP contribution in [0, 0.1) is 6.92 Å². The summed E-state index contributed by atoms with van der Waals surface area (Å²) in [5, 5.41) is 1.58. The summed E-state index contributed by atoms with van der Waals surface area (Å²) in [5.74, 6) is 0.0870. The fourth-order valence-corrected chi connectivity index (χ4v) is 7.39. The fourth-order valence-electron chi connectivity index (χ4n) is 5.73. The molecule has 0 aromatic heterocycles. The van der Waals surface area contributed by atoms with E-state index in [0.717, 1.165) is 30.6 Å². The first-order valence-corrected chi connectivity index (χ1v) is 12.5. The molecule has 1 fully saturated rings. The van der Waals surface area contributed by atoms with Gasteiger partial charge in [0, 0.05) is 29.6 Å². The van der Waals surface area contributed by atoms with Crippen LogP contribution >= 0.6 is 0 Å². The van der Waals surface area contributed by atoms with E-state index in [-0.39, 0.29) is 29.3 Å². The van der Waals surface area contributed by atoms with Crippen LogP contribution < -0.4 is 9.21 Å². The quantitative estimate of drug-likeness (QED) is 0.603. The maximum Gasteiger partial charge on any atom is 0.265 e. The predicted molar refractivity (Wildman–Crippen MR) is 126 cm³/mol. The molecule has 0 saturated carbocycles. The fraction of sp³-hybridized carbons (Fsp3) is 0.320. The van der Waals surface area contributed by atoms with Gasteiger partial charge >= 0.3 is 0 Å². The molecule has 3 heterocycles. The molecule has 1 saturated heterocycles. The zero-order valence-electron chi connectivity index (χ0n) is 18.2. The Morgan fingerprint density at radius 2 is 1.84 bits per heavy atom. The molecule has 0 bridgehead atoms. The maximum atomic E-state index is 13.7. The van der Waals surface area contributed by atoms with Gasteiger partial charge in [-0.05, 0) is 56.1 Å². The van der Waals surface area contributed by atoms with Crippen LogP contribution in [0.15, 0.2) is 59.5 Å². The molecule has 6 nitrogen and oxygen atoms in total. The lowest BCUT2D eigenvalue weighted by atomic mass is 9.89. The van der Waals surface area contributed by atoms with Gasteiger partial charge in [-0.15, -0.1) is 0 Å². The number of amides is 1. The number of sulfonamides is 1. The van der Waals surface area contributed by atoms with E-state index >= 15 is 0 Å². The number of likely N-dealkylation sites (N-methyl/N-ethyl adjacent to an activating group) is 1. The first-order chi connectivity index (χ1) is 15.4. The van der Waals surface area contributed by atoms with Gasteiger partial charge in [0.2, 0.25) is 5.91 Å². The van der Waals surface area contributed by atoms with Gasteiger partial charge in [0.15, 0.2) is 0 Å². The van der Waals surface area contributed by atoms with Crippen molar-refractivity contribution in [1.29, 1.82) is 0 Å². The third kappa shape index (κ3) is 2.67. The van der Waals surface area contributed by atoms with Crippen LogP contribution in [0.5, 0.6) is 0 Å². The van der Waals surface area contributed by atoms with Gasteiger partial charge < -0.3 is 9.80 Å². The second-order valence-electron chi connectivity index (χ2n) is 9.19. The minimum absolute atomic E-state index is 0.0685. The summed E-state index contributed by atoms with van der Waals surface area (Å²) in [5.41, 5.74) is 3.90. The Bertz CT molecular complexity index is 1380. The third-order valence-electron chi connectivity index (χ3n) is 7.18. The van der Waals surface area contributed by atoms with Crippen molar-refractivity contribution in [3.8, 4) is 0 Å². The van der Waals surface area contributed by atoms with E-state index in [4.69, 9.17) is 0 Å². The Morgan fingerprint density at radius 1 is 1.06 bits per heavy atom. The van der Waals surface area contributed by atoms with E-state index < -0.39 is 10.0 Å². The zero-order valence-corrected chi connectivity index (χ0v) is 19.0. The van der Waals surface area contributed by atoms with Gasteiger partial charge in [0.05, 0.1) is 10.6 Å². The molecule has 2 unspecified atom stereocenters. The molecule has 0 N–H and O–H groups in total. The second-order valence-corrected chi connectivity index (χ2v) is 11.0. The highest BCUT2D eigenvalue weighted by Gasteiger charge is 2.45. The van der Waals surface area contributed by atoms with Crippen LogP contribution in [0.3, 0.4) is 0 Å². The van der Waals surface area contributed by atoms with Crippen molar-refractivity contribution >= 4 is 38.1 Å². The molecule has 0 spiro atoms. The molecule has 6 rings (SSSR count). The van der Waals surface area contributed by atoms with E-state index in [9.17, 15) is 13.2 Å². The molecule has 3 aromatic rings. The highest BCUT2D eigenvalue weighted by atomic mass is 32.2. The van der Waals surface area contributed by atoms with Gasteiger partial charge in [0.1, 0.15) is 6.54 Å². The summed E-state index contributed by atoms with van der Waals surface area (Å²) in [7, 11) is -1.65. The molecule has 2 atom stereocenters. The summed E-state index contributed by atoms with van der Waals surface area (Å²) in [6.45, 7) is 3.70. The van der Waals surface area contributed by atoms with Crippen molar-refractivity contribution in [2.24, 2.45) is 0 Å². The largest absolute Gasteiger partial charge is 0.307 e. The van der Waals surface area contributed by atoms with Crippen LogP contribution in [-0.2, 0) is 14.8 Å². The van der Waals surface area contributed by atoms with E-state index in [1.807, 2.05) is 35.2 Å². The van der Waals surface area contributed by atoms with Crippen molar-refractivity contribution in [1.82, 2.24) is 4.90 Å². The number of anilines is 2. The van der Waals surface area contributed by atoms with Crippen molar-refractivity contribution in [2.45, 2.75) is 30.2 Å². The molecule has 3 aromatic carbocycles. The number of carbonyl (C=O) groups is 1. The number of hydrogen-bond acceptors (Lipinski definition) is 4. The first-order valence-electron chi connectivity index (χ1n) is 11.0. The van der Waals surface area contributed by atoms with Crippen molar-refractivity contribution in [3.63, 3.8) is 0 Å². The Labute approximate surface area is 188 Å². The van der Waals surface area contributed by atoms with Crippen LogP contribution in [0.2, 0.25) is 0 Å². The number of nitrogens with zero attached hydrogens (tertiary/aromatic N) is 3. The number of aryl methyl sites for hydroxylation is 1. The number of hydrogen-bond donors (Lipinski definition) is 0. The molecule has 3 aliphatic heterocycles. The molecule has 7 heteroatoms. The smallest absolute Gasteiger partial charge is 0.265 e. The Morgan fingerprint density at radius 3 is 2.66 bits per heavy atom. The lowest BCUT2D eigenvalue weighted by molar-refractivity contribution is -0.117. The van der Waals surface area contributed by atoms with Gasteiger partial charge in [-0.25, -0.2) is 8.42 Å². The topological polar surface area (TPSA) is 60.9 Å². The van der Waals surface area contributed by atoms with Gasteiger partial charge in [-0.1, -0.05) is 42.0 Å². The lowest BCUT2D eigenvalue weighted by Crippen LogP contribution is -2.50. The third-order valence-corrected chi connectivity index (χ3v) is 8.98. The SMILES string of the molecule is Cc1ccc2c(c1)C1CN(C)CCC1N2C(=O)CN1c2cccc3cccc(c23)S1(=O)=O. The molecule has 164 valence electrons. The van der Waals surface area contributed by atoms with Crippen LogP contribution in [-0.4, -0.2) is 51.9 Å². The molecule has 1 amide bonds. The van der Waals surface area contributed by atoms with Crippen molar-refractivity contribution < 1.29 is 13.2 Å². The van der Waals surface area contributed by atoms with E-state index in [2.05, 4.69) is 24.9 Å². The molecular weight excluding hydrogens is 422 g/mol. The molecule has 3 aliphatic rings. The Kier molecular flexibility index (Phi) is 4.20. The van der Waals surface area contributed by atoms with Crippen molar-refractivity contribution in [3.05, 3.63) is 65.7 Å². The lowest BCUT2D eigenvalue weighted by Gasteiger charge is -2.37. The molecule has 0 radical (unpaired) electrons. The van der Waals surface area contributed by atoms with Crippen LogP contribution in [0.4, 0.5) is 11.4 Å². The standard InChI is InChI=1S/C25H25N3O3S/c1-16-9-10-20-18(13-16)19-14-26(2)12-11-21(19)28(20)24(29)15-27-22-7-3-5-17-6-4-8-23(25(17)22)32(27,30)31/h3-10,13,19,21H,11-12,14-15H2,1-2H3. The van der Waals surface area contributed by atoms with Gasteiger partial charge in [0.25, 0.3) is 10.0 Å². The number of carbonyl (C=O) groups excluding carboxylic acids is 1. The van der Waals surface area contributed by atoms with E-state index in [1.54, 1.807) is 18.2 Å². The Balaban J connectivity index is 1.40. The predicted octanol–water partition coefficient (Wildman–Crippen LogP) is 3.49. The summed E-state index contributed by atoms with van der Waals surface area (Å²) in [6, 6.07) is 17.2. The minimum atomic E-state index is -3.77. The monoisotopic (exact) mass is 447 g/mol. The van der Waals surface area contributed by atoms with E-state index in [0.29, 0.717) is 11.1 Å². The summed E-state index contributed by atoms with van der Waals surface area (Å²) in [4.78, 5) is 18.2. The number of benzene rings is 3. The van der Waals surface area contributed by atoms with Gasteiger partial charge in [-0.3, -0.25) is 9.10 Å². The maximum absolute atomic E-state index is 13.7. The zero-order chi connectivity index (χ0) is 22.2. The average Bonchev–Trinajstić information content (AvgIpc) is 3.19. The number of rotatable bonds is 2. The molecule has 0 aliphatic carbocycles. The molecule has 32 heavy (non-hydrogen) atoms. The molecular formula is C25H25N3O3S. The summed E-state index contributed by atoms with van der Waals surface area (Å²) < 4.78 is 28.1. The number of piperidine rings is 1. The number of likely N-dealkylation sites (tertiary alicyclic amines) is 1. The Hall–Kier alpha value is -2.90. The minimum Gasteiger partial charge on any atom is -0.307 e. The first kappa shape index (κ1) is 19.8. The van der Waals surface area contributed by atoms with Crippen LogP contribution in [0.25, 0.3) is 10.8 Å². The summed E-state index contributed by atoms with van der Waals surface area (Å²) >= 11 is 0. The van der Waals surface area contributed by atoms with Gasteiger partial charge in [-0.2, -0.15) is 0 Å². The highest BCUT2D eigenvalue weighted by molar-refractivity contribution is 7.93. The normalized spacial score (nSPS) is 23.4.